The maximum Gasteiger partial charge on any atom is 0.165 e. The highest BCUT2D eigenvalue weighted by molar-refractivity contribution is 5.46. The third-order valence-corrected chi connectivity index (χ3v) is 3.77. The summed E-state index contributed by atoms with van der Waals surface area (Å²) in [5.74, 6) is 1.51. The molecule has 1 aromatic carbocycles. The lowest BCUT2D eigenvalue weighted by molar-refractivity contribution is 0.0901. The fourth-order valence-corrected chi connectivity index (χ4v) is 2.68. The lowest BCUT2D eigenvalue weighted by atomic mass is 9.92. The molecule has 0 aromatic heterocycles. The zero-order chi connectivity index (χ0) is 13.7. The van der Waals surface area contributed by atoms with Gasteiger partial charge in [-0.15, -0.1) is 0 Å². The number of benzene rings is 1. The monoisotopic (exact) mass is 265 g/mol. The van der Waals surface area contributed by atoms with Crippen molar-refractivity contribution in [3.63, 3.8) is 0 Å². The molecular formula is C15H23NO3. The average molecular weight is 265 g/mol. The van der Waals surface area contributed by atoms with Gasteiger partial charge in [0.2, 0.25) is 0 Å². The molecule has 0 unspecified atom stereocenters. The van der Waals surface area contributed by atoms with Gasteiger partial charge in [-0.3, -0.25) is 0 Å². The quantitative estimate of drug-likeness (QED) is 0.856. The molecule has 2 atom stereocenters. The summed E-state index contributed by atoms with van der Waals surface area (Å²) in [6, 6.07) is 6.04. The van der Waals surface area contributed by atoms with E-state index in [0.717, 1.165) is 36.3 Å². The summed E-state index contributed by atoms with van der Waals surface area (Å²) >= 11 is 0. The molecule has 0 radical (unpaired) electrons. The molecule has 4 nitrogen and oxygen atoms in total. The number of hydrogen-bond donors (Lipinski definition) is 2. The number of methoxy groups -OCH3 is 2. The van der Waals surface area contributed by atoms with Gasteiger partial charge in [-0.1, -0.05) is 25.0 Å². The summed E-state index contributed by atoms with van der Waals surface area (Å²) in [7, 11) is 3.29. The minimum atomic E-state index is -0.231. The molecule has 4 heteroatoms. The predicted molar refractivity (Wildman–Crippen MR) is 74.6 cm³/mol. The maximum absolute atomic E-state index is 9.96. The van der Waals surface area contributed by atoms with E-state index in [1.54, 1.807) is 14.2 Å². The van der Waals surface area contributed by atoms with Crippen LogP contribution < -0.4 is 14.8 Å². The van der Waals surface area contributed by atoms with E-state index < -0.39 is 0 Å². The third-order valence-electron chi connectivity index (χ3n) is 3.77. The van der Waals surface area contributed by atoms with Gasteiger partial charge < -0.3 is 19.9 Å². The van der Waals surface area contributed by atoms with E-state index in [-0.39, 0.29) is 12.1 Å². The lowest BCUT2D eigenvalue weighted by Crippen LogP contribution is -2.41. The highest BCUT2D eigenvalue weighted by Gasteiger charge is 2.22. The Morgan fingerprint density at radius 2 is 2.00 bits per heavy atom. The fourth-order valence-electron chi connectivity index (χ4n) is 2.68. The zero-order valence-corrected chi connectivity index (χ0v) is 11.7. The van der Waals surface area contributed by atoms with Gasteiger partial charge >= 0.3 is 0 Å². The number of nitrogens with one attached hydrogen (secondary N) is 1. The van der Waals surface area contributed by atoms with Crippen molar-refractivity contribution in [1.29, 1.82) is 0 Å². The Bertz CT molecular complexity index is 408. The number of para-hydroxylation sites is 1. The molecule has 1 fully saturated rings. The van der Waals surface area contributed by atoms with Crippen molar-refractivity contribution in [1.82, 2.24) is 5.32 Å². The summed E-state index contributed by atoms with van der Waals surface area (Å²) in [5, 5.41) is 13.4. The van der Waals surface area contributed by atoms with E-state index in [1.807, 2.05) is 18.2 Å². The highest BCUT2D eigenvalue weighted by Crippen LogP contribution is 2.30. The van der Waals surface area contributed by atoms with Gasteiger partial charge in [-0.25, -0.2) is 0 Å². The summed E-state index contributed by atoms with van der Waals surface area (Å²) < 4.78 is 10.7. The topological polar surface area (TPSA) is 50.7 Å². The van der Waals surface area contributed by atoms with Crippen LogP contribution in [-0.4, -0.2) is 31.5 Å². The molecule has 2 rings (SSSR count). The van der Waals surface area contributed by atoms with E-state index in [1.165, 1.54) is 6.42 Å². The third kappa shape index (κ3) is 3.39. The summed E-state index contributed by atoms with van der Waals surface area (Å²) in [4.78, 5) is 0. The van der Waals surface area contributed by atoms with Crippen LogP contribution >= 0.6 is 0 Å². The van der Waals surface area contributed by atoms with Crippen molar-refractivity contribution in [2.24, 2.45) is 0 Å². The van der Waals surface area contributed by atoms with Crippen LogP contribution in [0.5, 0.6) is 11.5 Å². The molecule has 0 spiro atoms. The number of aliphatic hydroxyl groups is 1. The van der Waals surface area contributed by atoms with E-state index in [9.17, 15) is 5.11 Å². The van der Waals surface area contributed by atoms with E-state index in [2.05, 4.69) is 5.32 Å². The number of aliphatic hydroxyl groups excluding tert-OH is 1. The van der Waals surface area contributed by atoms with Gasteiger partial charge in [0.15, 0.2) is 11.5 Å². The van der Waals surface area contributed by atoms with Gasteiger partial charge in [-0.05, 0) is 18.9 Å². The first-order valence-electron chi connectivity index (χ1n) is 6.87. The molecule has 0 aliphatic heterocycles. The largest absolute Gasteiger partial charge is 0.493 e. The summed E-state index contributed by atoms with van der Waals surface area (Å²) in [6.45, 7) is 0.683. The molecule has 1 aromatic rings. The Morgan fingerprint density at radius 3 is 2.68 bits per heavy atom. The van der Waals surface area contributed by atoms with Crippen molar-refractivity contribution < 1.29 is 14.6 Å². The van der Waals surface area contributed by atoms with Crippen LogP contribution in [0, 0.1) is 0 Å². The molecular weight excluding hydrogens is 242 g/mol. The van der Waals surface area contributed by atoms with Crippen LogP contribution in [0.15, 0.2) is 18.2 Å². The van der Waals surface area contributed by atoms with Gasteiger partial charge in [0.25, 0.3) is 0 Å². The second-order valence-electron chi connectivity index (χ2n) is 4.99. The van der Waals surface area contributed by atoms with Crippen molar-refractivity contribution in [3.8, 4) is 11.5 Å². The Morgan fingerprint density at radius 1 is 1.21 bits per heavy atom. The standard InChI is InChI=1S/C15H23NO3/c1-18-14-9-5-6-11(15(14)19-2)10-16-12-7-3-4-8-13(12)17/h5-6,9,12-13,16-17H,3-4,7-8,10H2,1-2H3/t12-,13-/m0/s1. The lowest BCUT2D eigenvalue weighted by Gasteiger charge is -2.28. The number of hydrogen-bond acceptors (Lipinski definition) is 4. The first-order valence-corrected chi connectivity index (χ1v) is 6.87. The smallest absolute Gasteiger partial charge is 0.165 e. The number of rotatable bonds is 5. The zero-order valence-electron chi connectivity index (χ0n) is 11.7. The molecule has 106 valence electrons. The Balaban J connectivity index is 2.02. The molecule has 0 amide bonds. The predicted octanol–water partition coefficient (Wildman–Crippen LogP) is 2.10. The number of ether oxygens (including phenoxy) is 2. The van der Waals surface area contributed by atoms with Gasteiger partial charge in [0, 0.05) is 18.2 Å². The fraction of sp³-hybridized carbons (Fsp3) is 0.600. The Labute approximate surface area is 114 Å². The molecule has 0 heterocycles. The van der Waals surface area contributed by atoms with Crippen molar-refractivity contribution in [3.05, 3.63) is 23.8 Å². The normalized spacial score (nSPS) is 23.1. The Kier molecular flexibility index (Phi) is 5.05. The maximum atomic E-state index is 9.96. The van der Waals surface area contributed by atoms with Crippen LogP contribution in [0.25, 0.3) is 0 Å². The minimum absolute atomic E-state index is 0.185. The first kappa shape index (κ1) is 14.2. The van der Waals surface area contributed by atoms with Crippen molar-refractivity contribution in [2.75, 3.05) is 14.2 Å². The molecule has 2 N–H and O–H groups in total. The molecule has 19 heavy (non-hydrogen) atoms. The van der Waals surface area contributed by atoms with Gasteiger partial charge in [0.05, 0.1) is 20.3 Å². The van der Waals surface area contributed by atoms with Crippen LogP contribution in [0.2, 0.25) is 0 Å². The van der Waals surface area contributed by atoms with E-state index >= 15 is 0 Å². The molecule has 0 saturated heterocycles. The van der Waals surface area contributed by atoms with Gasteiger partial charge in [0.1, 0.15) is 0 Å². The van der Waals surface area contributed by atoms with Crippen molar-refractivity contribution in [2.45, 2.75) is 44.4 Å². The molecule has 1 saturated carbocycles. The van der Waals surface area contributed by atoms with Gasteiger partial charge in [-0.2, -0.15) is 0 Å². The van der Waals surface area contributed by atoms with Crippen LogP contribution in [0.1, 0.15) is 31.2 Å². The minimum Gasteiger partial charge on any atom is -0.493 e. The SMILES string of the molecule is COc1cccc(CN[C@H]2CCCC[C@@H]2O)c1OC. The highest BCUT2D eigenvalue weighted by atomic mass is 16.5. The van der Waals surface area contributed by atoms with Crippen LogP contribution in [0.4, 0.5) is 0 Å². The molecule has 1 aliphatic rings. The molecule has 1 aliphatic carbocycles. The van der Waals surface area contributed by atoms with E-state index in [4.69, 9.17) is 9.47 Å². The molecule has 0 bridgehead atoms. The average Bonchev–Trinajstić information content (AvgIpc) is 2.45. The van der Waals surface area contributed by atoms with Crippen LogP contribution in [0.3, 0.4) is 0 Å². The first-order chi connectivity index (χ1) is 9.26. The second kappa shape index (κ2) is 6.78. The van der Waals surface area contributed by atoms with Crippen LogP contribution in [-0.2, 0) is 6.54 Å². The summed E-state index contributed by atoms with van der Waals surface area (Å²) in [5.41, 5.74) is 1.06. The summed E-state index contributed by atoms with van der Waals surface area (Å²) in [6.07, 6.45) is 4.01. The van der Waals surface area contributed by atoms with Crippen molar-refractivity contribution >= 4 is 0 Å². The second-order valence-corrected chi connectivity index (χ2v) is 4.99. The Hall–Kier alpha value is -1.26. The van der Waals surface area contributed by atoms with E-state index in [0.29, 0.717) is 6.54 Å².